The van der Waals surface area contributed by atoms with Crippen molar-refractivity contribution in [3.63, 3.8) is 0 Å². The number of rotatable bonds is 3. The summed E-state index contributed by atoms with van der Waals surface area (Å²) in [6.07, 6.45) is 1.56. The van der Waals surface area contributed by atoms with E-state index in [1.54, 1.807) is 10.9 Å². The highest BCUT2D eigenvalue weighted by Gasteiger charge is 2.11. The van der Waals surface area contributed by atoms with Crippen LogP contribution in [0.15, 0.2) is 58.1 Å². The molecule has 4 rings (SSSR count). The molecule has 0 fully saturated rings. The Kier molecular flexibility index (Phi) is 3.31. The maximum absolute atomic E-state index is 12.7. The molecule has 0 unspecified atom stereocenters. The van der Waals surface area contributed by atoms with Crippen molar-refractivity contribution in [1.82, 2.24) is 14.7 Å². The topological polar surface area (TPSA) is 60.9 Å². The van der Waals surface area contributed by atoms with Gasteiger partial charge in [-0.1, -0.05) is 35.5 Å². The summed E-state index contributed by atoms with van der Waals surface area (Å²) in [7, 11) is 0. The van der Waals surface area contributed by atoms with Crippen LogP contribution >= 0.6 is 11.3 Å². The maximum atomic E-state index is 12.7. The summed E-state index contributed by atoms with van der Waals surface area (Å²) in [5.41, 5.74) is 1.82. The Labute approximate surface area is 135 Å². The number of aromatic nitrogens is 3. The average Bonchev–Trinajstić information content (AvgIpc) is 3.18. The Hall–Kier alpha value is -2.73. The van der Waals surface area contributed by atoms with Gasteiger partial charge in [-0.2, -0.15) is 0 Å². The number of aryl methyl sites for hydroxylation is 1. The number of hydrogen-bond acceptors (Lipinski definition) is 5. The number of hydrogen-bond donors (Lipinski definition) is 0. The largest absolute Gasteiger partial charge is 0.359 e. The van der Waals surface area contributed by atoms with Crippen LogP contribution in [0, 0.1) is 6.92 Å². The first-order valence-corrected chi connectivity index (χ1v) is 7.99. The minimum Gasteiger partial charge on any atom is -0.359 e. The van der Waals surface area contributed by atoms with Gasteiger partial charge in [0, 0.05) is 10.9 Å². The van der Waals surface area contributed by atoms with Crippen LogP contribution in [0.2, 0.25) is 0 Å². The number of fused-ring (bicyclic) bond motifs is 1. The van der Waals surface area contributed by atoms with Crippen LogP contribution in [0.3, 0.4) is 0 Å². The Morgan fingerprint density at radius 2 is 2.04 bits per heavy atom. The summed E-state index contributed by atoms with van der Waals surface area (Å²) in [6, 6.07) is 13.7. The van der Waals surface area contributed by atoms with Crippen molar-refractivity contribution in [1.29, 1.82) is 0 Å². The number of nitrogens with zero attached hydrogens (tertiary/aromatic N) is 3. The van der Waals surface area contributed by atoms with Gasteiger partial charge in [0.2, 0.25) is 0 Å². The highest BCUT2D eigenvalue weighted by molar-refractivity contribution is 7.21. The summed E-state index contributed by atoms with van der Waals surface area (Å²) in [6.45, 7) is 2.18. The molecule has 0 saturated heterocycles. The predicted molar refractivity (Wildman–Crippen MR) is 89.7 cm³/mol. The van der Waals surface area contributed by atoms with Crippen LogP contribution in [-0.2, 0) is 6.54 Å². The lowest BCUT2D eigenvalue weighted by Crippen LogP contribution is -2.20. The molecule has 0 radical (unpaired) electrons. The van der Waals surface area contributed by atoms with Gasteiger partial charge in [-0.3, -0.25) is 9.36 Å². The molecule has 3 aromatic heterocycles. The first kappa shape index (κ1) is 13.9. The van der Waals surface area contributed by atoms with E-state index < -0.39 is 0 Å². The fourth-order valence-corrected chi connectivity index (χ4v) is 3.47. The van der Waals surface area contributed by atoms with Gasteiger partial charge in [0.05, 0.1) is 24.0 Å². The minimum atomic E-state index is -0.0671. The first-order valence-electron chi connectivity index (χ1n) is 7.17. The van der Waals surface area contributed by atoms with E-state index in [4.69, 9.17) is 4.52 Å². The van der Waals surface area contributed by atoms with Gasteiger partial charge >= 0.3 is 0 Å². The molecule has 0 aliphatic carbocycles. The molecule has 6 heteroatoms. The minimum absolute atomic E-state index is 0.0671. The van der Waals surface area contributed by atoms with E-state index in [0.717, 1.165) is 21.0 Å². The summed E-state index contributed by atoms with van der Waals surface area (Å²) >= 11 is 1.52. The van der Waals surface area contributed by atoms with Crippen molar-refractivity contribution in [2.24, 2.45) is 0 Å². The zero-order chi connectivity index (χ0) is 15.8. The van der Waals surface area contributed by atoms with Crippen molar-refractivity contribution in [2.75, 3.05) is 0 Å². The van der Waals surface area contributed by atoms with E-state index in [1.165, 1.54) is 11.3 Å². The molecule has 1 aromatic carbocycles. The zero-order valence-corrected chi connectivity index (χ0v) is 13.2. The van der Waals surface area contributed by atoms with Crippen LogP contribution in [0.5, 0.6) is 0 Å². The quantitative estimate of drug-likeness (QED) is 0.579. The van der Waals surface area contributed by atoms with Gasteiger partial charge in [-0.15, -0.1) is 11.3 Å². The smallest absolute Gasteiger partial charge is 0.262 e. The second kappa shape index (κ2) is 5.48. The van der Waals surface area contributed by atoms with Gasteiger partial charge in [-0.25, -0.2) is 4.98 Å². The molecule has 3 heterocycles. The number of benzene rings is 1. The fourth-order valence-electron chi connectivity index (χ4n) is 2.48. The molecule has 0 spiro atoms. The van der Waals surface area contributed by atoms with Gasteiger partial charge in [0.25, 0.3) is 5.56 Å². The summed E-state index contributed by atoms with van der Waals surface area (Å²) in [5, 5.41) is 4.47. The third-order valence-corrected chi connectivity index (χ3v) is 4.67. The summed E-state index contributed by atoms with van der Waals surface area (Å²) in [4.78, 5) is 18.9. The van der Waals surface area contributed by atoms with Crippen LogP contribution < -0.4 is 5.56 Å². The molecule has 5 nitrogen and oxygen atoms in total. The lowest BCUT2D eigenvalue weighted by Gasteiger charge is -2.01. The van der Waals surface area contributed by atoms with E-state index in [2.05, 4.69) is 10.1 Å². The average molecular weight is 323 g/mol. The van der Waals surface area contributed by atoms with Crippen molar-refractivity contribution in [2.45, 2.75) is 13.5 Å². The number of thiophene rings is 1. The van der Waals surface area contributed by atoms with E-state index >= 15 is 0 Å². The third-order valence-electron chi connectivity index (χ3n) is 3.58. The highest BCUT2D eigenvalue weighted by atomic mass is 32.1. The lowest BCUT2D eigenvalue weighted by atomic mass is 10.2. The second-order valence-corrected chi connectivity index (χ2v) is 6.34. The highest BCUT2D eigenvalue weighted by Crippen LogP contribution is 2.30. The summed E-state index contributed by atoms with van der Waals surface area (Å²) in [5.74, 6) is 0.643. The first-order chi connectivity index (χ1) is 11.2. The van der Waals surface area contributed by atoms with Crippen LogP contribution in [0.4, 0.5) is 0 Å². The summed E-state index contributed by atoms with van der Waals surface area (Å²) < 4.78 is 6.72. The van der Waals surface area contributed by atoms with Gasteiger partial charge in [0.1, 0.15) is 4.83 Å². The predicted octanol–water partition coefficient (Wildman–Crippen LogP) is 3.47. The SMILES string of the molecule is Cc1cc(Cn2cnc3sc(-c4ccccc4)cc3c2=O)on1. The Balaban J connectivity index is 1.77. The molecule has 0 amide bonds. The Bertz CT molecular complexity index is 1030. The molecule has 0 saturated carbocycles. The zero-order valence-electron chi connectivity index (χ0n) is 12.4. The van der Waals surface area contributed by atoms with E-state index in [0.29, 0.717) is 17.7 Å². The van der Waals surface area contributed by atoms with Gasteiger partial charge < -0.3 is 4.52 Å². The van der Waals surface area contributed by atoms with Crippen molar-refractivity contribution in [3.8, 4) is 10.4 Å². The molecule has 4 aromatic rings. The van der Waals surface area contributed by atoms with Crippen LogP contribution in [0.1, 0.15) is 11.5 Å². The van der Waals surface area contributed by atoms with Gasteiger partial charge in [0.15, 0.2) is 5.76 Å². The second-order valence-electron chi connectivity index (χ2n) is 5.31. The molecule has 0 bridgehead atoms. The molecule has 114 valence electrons. The Morgan fingerprint density at radius 1 is 1.22 bits per heavy atom. The van der Waals surface area contributed by atoms with Crippen LogP contribution in [-0.4, -0.2) is 14.7 Å². The van der Waals surface area contributed by atoms with Gasteiger partial charge in [-0.05, 0) is 18.6 Å². The molecule has 0 aliphatic rings. The molecular formula is C17H13N3O2S. The molecule has 0 aliphatic heterocycles. The van der Waals surface area contributed by atoms with E-state index in [9.17, 15) is 4.79 Å². The standard InChI is InChI=1S/C17H13N3O2S/c1-11-7-13(22-19-11)9-20-10-18-16-14(17(20)21)8-15(23-16)12-5-3-2-4-6-12/h2-8,10H,9H2,1H3. The maximum Gasteiger partial charge on any atom is 0.262 e. The Morgan fingerprint density at radius 3 is 2.78 bits per heavy atom. The van der Waals surface area contributed by atoms with Crippen molar-refractivity contribution < 1.29 is 4.52 Å². The molecule has 0 atom stereocenters. The third kappa shape index (κ3) is 2.57. The normalized spacial score (nSPS) is 11.2. The van der Waals surface area contributed by atoms with E-state index in [-0.39, 0.29) is 5.56 Å². The lowest BCUT2D eigenvalue weighted by molar-refractivity contribution is 0.371. The molecule has 0 N–H and O–H groups in total. The monoisotopic (exact) mass is 323 g/mol. The van der Waals surface area contributed by atoms with E-state index in [1.807, 2.05) is 49.4 Å². The molecule has 23 heavy (non-hydrogen) atoms. The van der Waals surface area contributed by atoms with Crippen molar-refractivity contribution >= 4 is 21.6 Å². The van der Waals surface area contributed by atoms with Crippen LogP contribution in [0.25, 0.3) is 20.7 Å². The van der Waals surface area contributed by atoms with Crippen molar-refractivity contribution in [3.05, 3.63) is 70.6 Å². The molecular weight excluding hydrogens is 310 g/mol. The fraction of sp³-hybridized carbons (Fsp3) is 0.118.